The van der Waals surface area contributed by atoms with Crippen molar-refractivity contribution in [2.24, 2.45) is 0 Å². The molecule has 1 nitrogen and oxygen atoms in total. The van der Waals surface area contributed by atoms with Gasteiger partial charge in [0.2, 0.25) is 0 Å². The van der Waals surface area contributed by atoms with Crippen LogP contribution in [0.4, 0.5) is 5.69 Å². The Morgan fingerprint density at radius 1 is 1.00 bits per heavy atom. The SMILES string of the molecule is C=Cc1ccc2cc([NH+](C)C)ccc2c1. The predicted octanol–water partition coefficient (Wildman–Crippen LogP) is 2.26. The minimum Gasteiger partial charge on any atom is -0.307 e. The minimum atomic E-state index is 1.17. The Bertz CT molecular complexity index is 498. The lowest BCUT2D eigenvalue weighted by atomic mass is 10.1. The summed E-state index contributed by atoms with van der Waals surface area (Å²) < 4.78 is 0. The van der Waals surface area contributed by atoms with Crippen molar-refractivity contribution in [3.05, 3.63) is 48.5 Å². The van der Waals surface area contributed by atoms with Gasteiger partial charge in [-0.1, -0.05) is 24.8 Å². The molecule has 0 aliphatic heterocycles. The largest absolute Gasteiger partial charge is 0.307 e. The van der Waals surface area contributed by atoms with Crippen molar-refractivity contribution in [1.29, 1.82) is 0 Å². The van der Waals surface area contributed by atoms with Gasteiger partial charge in [0.1, 0.15) is 5.69 Å². The predicted molar refractivity (Wildman–Crippen MR) is 66.5 cm³/mol. The van der Waals surface area contributed by atoms with Crippen LogP contribution >= 0.6 is 0 Å². The summed E-state index contributed by atoms with van der Waals surface area (Å²) in [5.74, 6) is 0. The van der Waals surface area contributed by atoms with Gasteiger partial charge in [-0.3, -0.25) is 0 Å². The van der Waals surface area contributed by atoms with Gasteiger partial charge in [-0.25, -0.2) is 0 Å². The van der Waals surface area contributed by atoms with Gasteiger partial charge in [-0.05, 0) is 34.5 Å². The third-order valence-electron chi connectivity index (χ3n) is 2.68. The van der Waals surface area contributed by atoms with E-state index >= 15 is 0 Å². The van der Waals surface area contributed by atoms with Gasteiger partial charge >= 0.3 is 0 Å². The normalized spacial score (nSPS) is 10.9. The Kier molecular flexibility index (Phi) is 2.57. The van der Waals surface area contributed by atoms with E-state index in [-0.39, 0.29) is 0 Å². The Labute approximate surface area is 90.6 Å². The van der Waals surface area contributed by atoms with Crippen LogP contribution in [0.15, 0.2) is 43.0 Å². The molecule has 2 rings (SSSR count). The molecule has 0 heterocycles. The van der Waals surface area contributed by atoms with E-state index < -0.39 is 0 Å². The second-order valence-corrected chi connectivity index (χ2v) is 4.03. The Hall–Kier alpha value is -1.60. The van der Waals surface area contributed by atoms with Gasteiger partial charge in [-0.2, -0.15) is 0 Å². The van der Waals surface area contributed by atoms with Crippen molar-refractivity contribution in [1.82, 2.24) is 0 Å². The summed E-state index contributed by atoms with van der Waals surface area (Å²) in [7, 11) is 4.28. The zero-order chi connectivity index (χ0) is 10.8. The van der Waals surface area contributed by atoms with Crippen molar-refractivity contribution in [2.75, 3.05) is 14.1 Å². The number of hydrogen-bond donors (Lipinski definition) is 1. The van der Waals surface area contributed by atoms with Crippen molar-refractivity contribution in [3.8, 4) is 0 Å². The fraction of sp³-hybridized carbons (Fsp3) is 0.143. The van der Waals surface area contributed by atoms with E-state index in [2.05, 4.69) is 57.1 Å². The quantitative estimate of drug-likeness (QED) is 0.755. The van der Waals surface area contributed by atoms with Crippen LogP contribution in [0.25, 0.3) is 16.8 Å². The Morgan fingerprint density at radius 3 is 2.33 bits per heavy atom. The summed E-state index contributed by atoms with van der Waals surface area (Å²) in [6, 6.07) is 13.0. The van der Waals surface area contributed by atoms with Crippen LogP contribution in [0, 0.1) is 0 Å². The van der Waals surface area contributed by atoms with Gasteiger partial charge < -0.3 is 4.90 Å². The molecule has 0 amide bonds. The molecule has 2 aromatic rings. The highest BCUT2D eigenvalue weighted by atomic mass is 15.1. The Balaban J connectivity index is 2.59. The molecule has 0 bridgehead atoms. The molecule has 0 fully saturated rings. The maximum absolute atomic E-state index is 3.78. The van der Waals surface area contributed by atoms with Crippen LogP contribution in [-0.4, -0.2) is 14.1 Å². The van der Waals surface area contributed by atoms with Crippen LogP contribution in [0.2, 0.25) is 0 Å². The summed E-state index contributed by atoms with van der Waals surface area (Å²) in [6.07, 6.45) is 1.88. The molecule has 0 unspecified atom stereocenters. The number of benzene rings is 2. The number of rotatable bonds is 2. The van der Waals surface area contributed by atoms with Crippen molar-refractivity contribution < 1.29 is 4.90 Å². The molecule has 0 saturated heterocycles. The van der Waals surface area contributed by atoms with Gasteiger partial charge in [0.15, 0.2) is 0 Å². The smallest absolute Gasteiger partial charge is 0.131 e. The number of nitrogens with one attached hydrogen (secondary N) is 1. The first-order valence-electron chi connectivity index (χ1n) is 5.17. The van der Waals surface area contributed by atoms with Gasteiger partial charge in [0, 0.05) is 6.07 Å². The first kappa shape index (κ1) is 9.94. The summed E-state index contributed by atoms with van der Waals surface area (Å²) in [6.45, 7) is 3.78. The maximum Gasteiger partial charge on any atom is 0.131 e. The highest BCUT2D eigenvalue weighted by Gasteiger charge is 2.01. The second kappa shape index (κ2) is 3.87. The van der Waals surface area contributed by atoms with Gasteiger partial charge in [-0.15, -0.1) is 0 Å². The molecule has 1 heteroatoms. The fourth-order valence-corrected chi connectivity index (χ4v) is 1.70. The van der Waals surface area contributed by atoms with Crippen molar-refractivity contribution >= 4 is 22.5 Å². The lowest BCUT2D eigenvalue weighted by molar-refractivity contribution is -0.786. The van der Waals surface area contributed by atoms with Crippen LogP contribution in [0.5, 0.6) is 0 Å². The van der Waals surface area contributed by atoms with E-state index in [4.69, 9.17) is 0 Å². The lowest BCUT2D eigenvalue weighted by Gasteiger charge is -2.07. The van der Waals surface area contributed by atoms with Gasteiger partial charge in [0.05, 0.1) is 14.1 Å². The third kappa shape index (κ3) is 1.92. The van der Waals surface area contributed by atoms with Crippen molar-refractivity contribution in [3.63, 3.8) is 0 Å². The minimum absolute atomic E-state index is 1.17. The second-order valence-electron chi connectivity index (χ2n) is 4.03. The molecule has 0 saturated carbocycles. The average Bonchev–Trinajstić information content (AvgIpc) is 2.27. The van der Waals surface area contributed by atoms with Crippen LogP contribution < -0.4 is 4.90 Å². The summed E-state index contributed by atoms with van der Waals surface area (Å²) in [5.41, 5.74) is 2.49. The molecular formula is C14H16N+. The van der Waals surface area contributed by atoms with E-state index in [1.165, 1.54) is 26.9 Å². The topological polar surface area (TPSA) is 4.44 Å². The molecule has 0 atom stereocenters. The lowest BCUT2D eigenvalue weighted by Crippen LogP contribution is -3.00. The number of fused-ring (bicyclic) bond motifs is 1. The van der Waals surface area contributed by atoms with E-state index in [0.717, 1.165) is 0 Å². The first-order valence-corrected chi connectivity index (χ1v) is 5.17. The number of quaternary nitrogens is 1. The molecule has 0 spiro atoms. The first-order chi connectivity index (χ1) is 7.20. The van der Waals surface area contributed by atoms with Crippen LogP contribution in [0.3, 0.4) is 0 Å². The highest BCUT2D eigenvalue weighted by Crippen LogP contribution is 2.19. The molecule has 0 radical (unpaired) electrons. The molecule has 0 aromatic heterocycles. The molecule has 76 valence electrons. The average molecular weight is 198 g/mol. The Morgan fingerprint density at radius 2 is 1.67 bits per heavy atom. The monoisotopic (exact) mass is 198 g/mol. The van der Waals surface area contributed by atoms with Gasteiger partial charge in [0.25, 0.3) is 0 Å². The van der Waals surface area contributed by atoms with E-state index in [1.54, 1.807) is 0 Å². The molecular weight excluding hydrogens is 182 g/mol. The number of hydrogen-bond acceptors (Lipinski definition) is 0. The van der Waals surface area contributed by atoms with Crippen molar-refractivity contribution in [2.45, 2.75) is 0 Å². The summed E-state index contributed by atoms with van der Waals surface area (Å²) in [5, 5.41) is 2.57. The molecule has 2 aromatic carbocycles. The highest BCUT2D eigenvalue weighted by molar-refractivity contribution is 5.86. The van der Waals surface area contributed by atoms with Crippen LogP contribution in [0.1, 0.15) is 5.56 Å². The standard InChI is InChI=1S/C14H15N/c1-4-11-5-6-13-10-14(15(2)3)8-7-12(13)9-11/h4-10H,1H2,2-3H3/p+1. The zero-order valence-corrected chi connectivity index (χ0v) is 9.25. The molecule has 0 aliphatic rings. The van der Waals surface area contributed by atoms with Crippen LogP contribution in [-0.2, 0) is 0 Å². The van der Waals surface area contributed by atoms with E-state index in [1.807, 2.05) is 6.08 Å². The summed E-state index contributed by atoms with van der Waals surface area (Å²) in [4.78, 5) is 1.35. The summed E-state index contributed by atoms with van der Waals surface area (Å²) >= 11 is 0. The van der Waals surface area contributed by atoms with E-state index in [9.17, 15) is 0 Å². The molecule has 1 N–H and O–H groups in total. The maximum atomic E-state index is 3.78. The molecule has 15 heavy (non-hydrogen) atoms. The zero-order valence-electron chi connectivity index (χ0n) is 9.25. The van der Waals surface area contributed by atoms with E-state index in [0.29, 0.717) is 0 Å². The molecule has 0 aliphatic carbocycles. The third-order valence-corrected chi connectivity index (χ3v) is 2.68. The fourth-order valence-electron chi connectivity index (χ4n) is 1.70.